The number of nitrogens with one attached hydrogen (secondary N) is 1. The molecule has 206 valence electrons. The first-order valence-corrected chi connectivity index (χ1v) is 14.2. The van der Waals surface area contributed by atoms with E-state index in [0.29, 0.717) is 11.7 Å². The summed E-state index contributed by atoms with van der Waals surface area (Å²) >= 11 is 17.0. The van der Waals surface area contributed by atoms with Crippen molar-refractivity contribution in [1.29, 1.82) is 0 Å². The van der Waals surface area contributed by atoms with Gasteiger partial charge in [-0.05, 0) is 36.1 Å². The van der Waals surface area contributed by atoms with Crippen molar-refractivity contribution in [3.05, 3.63) is 77.9 Å². The summed E-state index contributed by atoms with van der Waals surface area (Å²) in [7, 11) is 0. The zero-order valence-corrected chi connectivity index (χ0v) is 23.8. The molecule has 1 amide bonds. The lowest BCUT2D eigenvalue weighted by molar-refractivity contribution is -0.276. The van der Waals surface area contributed by atoms with Crippen LogP contribution in [0, 0.1) is 5.92 Å². The zero-order valence-electron chi connectivity index (χ0n) is 21.5. The van der Waals surface area contributed by atoms with Crippen molar-refractivity contribution in [2.75, 3.05) is 18.4 Å². The Balaban J connectivity index is 1.58. The van der Waals surface area contributed by atoms with Gasteiger partial charge in [-0.15, -0.1) is 6.58 Å². The van der Waals surface area contributed by atoms with E-state index in [4.69, 9.17) is 44.3 Å². The minimum absolute atomic E-state index is 0.00518. The molecular formula is C29H35Cl3N2O4. The maximum Gasteiger partial charge on any atom is 0.276 e. The van der Waals surface area contributed by atoms with E-state index in [1.807, 2.05) is 42.5 Å². The van der Waals surface area contributed by atoms with E-state index in [1.165, 1.54) is 25.7 Å². The highest BCUT2D eigenvalue weighted by atomic mass is 35.6. The Bertz CT molecular complexity index is 1070. The Morgan fingerprint density at radius 2 is 1.71 bits per heavy atom. The number of ether oxygens (including phenoxy) is 2. The molecule has 0 aromatic heterocycles. The number of nitrogens with zero attached hydrogens (tertiary/aromatic N) is 1. The number of carbonyl (C=O) groups excluding carboxylic acids is 1. The number of hydrogen-bond acceptors (Lipinski definition) is 5. The van der Waals surface area contributed by atoms with E-state index in [1.54, 1.807) is 12.1 Å². The second kappa shape index (κ2) is 13.1. The number of aliphatic hydroxyl groups is 1. The van der Waals surface area contributed by atoms with E-state index >= 15 is 0 Å². The number of amides is 1. The summed E-state index contributed by atoms with van der Waals surface area (Å²) in [5.41, 5.74) is 3.21. The fourth-order valence-corrected chi connectivity index (χ4v) is 5.43. The fourth-order valence-electron chi connectivity index (χ4n) is 5.29. The Morgan fingerprint density at radius 3 is 2.29 bits per heavy atom. The fraction of sp³-hybridized carbons (Fsp3) is 0.483. The lowest BCUT2D eigenvalue weighted by Crippen LogP contribution is -2.47. The predicted molar refractivity (Wildman–Crippen MR) is 152 cm³/mol. The predicted octanol–water partition coefficient (Wildman–Crippen LogP) is 6.71. The monoisotopic (exact) mass is 580 g/mol. The largest absolute Gasteiger partial charge is 0.392 e. The molecule has 38 heavy (non-hydrogen) atoms. The summed E-state index contributed by atoms with van der Waals surface area (Å²) in [5.74, 6) is -0.641. The van der Waals surface area contributed by atoms with Crippen LogP contribution in [-0.2, 0) is 20.9 Å². The highest BCUT2D eigenvalue weighted by Crippen LogP contribution is 2.42. The number of carbonyl (C=O) groups is 1. The van der Waals surface area contributed by atoms with Crippen LogP contribution in [0.4, 0.5) is 5.69 Å². The lowest BCUT2D eigenvalue weighted by atomic mass is 9.89. The normalized spacial score (nSPS) is 24.5. The van der Waals surface area contributed by atoms with Crippen molar-refractivity contribution in [1.82, 2.24) is 4.90 Å². The van der Waals surface area contributed by atoms with Gasteiger partial charge < -0.3 is 19.9 Å². The third kappa shape index (κ3) is 7.30. The van der Waals surface area contributed by atoms with Crippen molar-refractivity contribution in [2.24, 2.45) is 5.92 Å². The van der Waals surface area contributed by atoms with Crippen LogP contribution < -0.4 is 5.32 Å². The van der Waals surface area contributed by atoms with Gasteiger partial charge in [0.1, 0.15) is 0 Å². The second-order valence-electron chi connectivity index (χ2n) is 10.1. The van der Waals surface area contributed by atoms with Crippen molar-refractivity contribution in [3.63, 3.8) is 0 Å². The van der Waals surface area contributed by atoms with Crippen LogP contribution in [0.2, 0.25) is 0 Å². The number of aliphatic hydroxyl groups excluding tert-OH is 1. The van der Waals surface area contributed by atoms with Gasteiger partial charge in [0.05, 0.1) is 18.8 Å². The van der Waals surface area contributed by atoms with Crippen molar-refractivity contribution >= 4 is 46.4 Å². The first kappa shape index (κ1) is 29.3. The molecule has 9 heteroatoms. The molecular weight excluding hydrogens is 547 g/mol. The molecule has 0 unspecified atom stereocenters. The van der Waals surface area contributed by atoms with Gasteiger partial charge in [-0.1, -0.05) is 97.0 Å². The summed E-state index contributed by atoms with van der Waals surface area (Å²) in [6.45, 7) is 7.74. The topological polar surface area (TPSA) is 71.0 Å². The van der Waals surface area contributed by atoms with E-state index in [9.17, 15) is 9.90 Å². The molecule has 6 nitrogen and oxygen atoms in total. The first-order valence-electron chi connectivity index (χ1n) is 13.0. The van der Waals surface area contributed by atoms with E-state index in [-0.39, 0.29) is 24.7 Å². The molecule has 1 aliphatic carbocycles. The highest BCUT2D eigenvalue weighted by Gasteiger charge is 2.40. The maximum atomic E-state index is 12.0. The van der Waals surface area contributed by atoms with E-state index < -0.39 is 16.0 Å². The summed E-state index contributed by atoms with van der Waals surface area (Å²) in [6.07, 6.45) is 5.98. The number of halogens is 3. The third-order valence-corrected chi connectivity index (χ3v) is 7.96. The average Bonchev–Trinajstić information content (AvgIpc) is 3.44. The van der Waals surface area contributed by atoms with Gasteiger partial charge in [0.15, 0.2) is 6.29 Å². The molecule has 4 rings (SSSR count). The van der Waals surface area contributed by atoms with Gasteiger partial charge in [0.2, 0.25) is 0 Å². The second-order valence-corrected chi connectivity index (χ2v) is 12.4. The van der Waals surface area contributed by atoms with Crippen LogP contribution in [-0.4, -0.2) is 44.9 Å². The van der Waals surface area contributed by atoms with Crippen LogP contribution in [0.5, 0.6) is 0 Å². The quantitative estimate of drug-likeness (QED) is 0.254. The average molecular weight is 582 g/mol. The maximum absolute atomic E-state index is 12.0. The minimum atomic E-state index is -2.05. The van der Waals surface area contributed by atoms with Crippen LogP contribution in [0.15, 0.2) is 61.2 Å². The highest BCUT2D eigenvalue weighted by molar-refractivity contribution is 6.76. The smallest absolute Gasteiger partial charge is 0.276 e. The number of anilines is 1. The number of benzene rings is 2. The van der Waals surface area contributed by atoms with Crippen LogP contribution in [0.3, 0.4) is 0 Å². The van der Waals surface area contributed by atoms with E-state index in [0.717, 1.165) is 29.8 Å². The number of rotatable bonds is 9. The Kier molecular flexibility index (Phi) is 10.1. The van der Waals surface area contributed by atoms with Crippen LogP contribution in [0.25, 0.3) is 0 Å². The Hall–Kier alpha value is -1.64. The summed E-state index contributed by atoms with van der Waals surface area (Å²) in [5, 5.41) is 12.1. The molecule has 1 aliphatic heterocycles. The molecule has 0 bridgehead atoms. The first-order chi connectivity index (χ1) is 18.2. The summed E-state index contributed by atoms with van der Waals surface area (Å²) in [4.78, 5) is 14.5. The SMILES string of the molecule is C=CCN(C[C@@H]1O[C@H](c2ccc(NC(=O)C(Cl)(Cl)Cl)cc2)O[C@H](c2ccc(CO)cc2)[C@@H]1C)C1CCCC1. The molecule has 1 heterocycles. The van der Waals surface area contributed by atoms with Gasteiger partial charge in [0.25, 0.3) is 9.70 Å². The molecule has 0 spiro atoms. The van der Waals surface area contributed by atoms with Gasteiger partial charge in [-0.3, -0.25) is 9.69 Å². The summed E-state index contributed by atoms with van der Waals surface area (Å²) in [6, 6.07) is 15.6. The minimum Gasteiger partial charge on any atom is -0.392 e. The van der Waals surface area contributed by atoms with Gasteiger partial charge in [-0.2, -0.15) is 0 Å². The molecule has 4 atom stereocenters. The Morgan fingerprint density at radius 1 is 1.08 bits per heavy atom. The molecule has 2 aliphatic rings. The molecule has 1 saturated carbocycles. The van der Waals surface area contributed by atoms with Crippen molar-refractivity contribution in [2.45, 2.75) is 67.5 Å². The molecule has 2 aromatic rings. The number of hydrogen-bond donors (Lipinski definition) is 2. The molecule has 2 fully saturated rings. The summed E-state index contributed by atoms with van der Waals surface area (Å²) < 4.78 is 11.1. The van der Waals surface area contributed by atoms with Gasteiger partial charge in [-0.25, -0.2) is 0 Å². The van der Waals surface area contributed by atoms with Gasteiger partial charge in [0, 0.05) is 36.3 Å². The molecule has 2 N–H and O–H groups in total. The molecule has 0 radical (unpaired) electrons. The molecule has 2 aromatic carbocycles. The van der Waals surface area contributed by atoms with E-state index in [2.05, 4.69) is 23.7 Å². The Labute approximate surface area is 239 Å². The standard InChI is InChI=1S/C29H35Cl3N2O4/c1-3-16-34(24-6-4-5-7-24)17-25-19(2)26(21-10-8-20(18-35)9-11-21)38-27(37-25)22-12-14-23(15-13-22)33-28(36)29(30,31)32/h3,8-15,19,24-27,35H,1,4-7,16-18H2,2H3,(H,33,36)/t19-,25+,26+,27+/m1/s1. The zero-order chi connectivity index (χ0) is 27.3. The number of alkyl halides is 3. The molecule has 1 saturated heterocycles. The van der Waals surface area contributed by atoms with Gasteiger partial charge >= 0.3 is 0 Å². The van der Waals surface area contributed by atoms with Crippen LogP contribution in [0.1, 0.15) is 61.7 Å². The van der Waals surface area contributed by atoms with Crippen LogP contribution >= 0.6 is 34.8 Å². The third-order valence-electron chi connectivity index (χ3n) is 7.44. The van der Waals surface area contributed by atoms with Crippen molar-refractivity contribution in [3.8, 4) is 0 Å². The lowest BCUT2D eigenvalue weighted by Gasteiger charge is -2.43. The van der Waals surface area contributed by atoms with Crippen molar-refractivity contribution < 1.29 is 19.4 Å².